The predicted molar refractivity (Wildman–Crippen MR) is 53.8 cm³/mol. The maximum Gasteiger partial charge on any atom is 0.0928 e. The van der Waals surface area contributed by atoms with E-state index < -0.39 is 0 Å². The standard InChI is InChI=1S/C12H15FO/c13-7-9-5-6-12(9)11-4-2-1-3-10(11)8-14/h1-4,9,12,14H,5-8H2. The normalized spacial score (nSPS) is 25.9. The van der Waals surface area contributed by atoms with Crippen LogP contribution in [0.2, 0.25) is 0 Å². The lowest BCUT2D eigenvalue weighted by molar-refractivity contribution is 0.195. The summed E-state index contributed by atoms with van der Waals surface area (Å²) in [5, 5.41) is 9.15. The fourth-order valence-electron chi connectivity index (χ4n) is 2.20. The largest absolute Gasteiger partial charge is 0.392 e. The van der Waals surface area contributed by atoms with E-state index in [0.29, 0.717) is 5.92 Å². The Bertz CT molecular complexity index is 309. The summed E-state index contributed by atoms with van der Waals surface area (Å²) < 4.78 is 12.5. The third-order valence-corrected chi connectivity index (χ3v) is 3.24. The highest BCUT2D eigenvalue weighted by Crippen LogP contribution is 2.43. The van der Waals surface area contributed by atoms with Crippen molar-refractivity contribution in [1.82, 2.24) is 0 Å². The van der Waals surface area contributed by atoms with E-state index in [9.17, 15) is 4.39 Å². The average Bonchev–Trinajstić information content (AvgIpc) is 2.18. The molecule has 0 spiro atoms. The molecule has 0 amide bonds. The SMILES string of the molecule is OCc1ccccc1C1CCC1CF. The van der Waals surface area contributed by atoms with Gasteiger partial charge in [-0.3, -0.25) is 4.39 Å². The van der Waals surface area contributed by atoms with Gasteiger partial charge in [0.2, 0.25) is 0 Å². The summed E-state index contributed by atoms with van der Waals surface area (Å²) in [6.07, 6.45) is 2.05. The lowest BCUT2D eigenvalue weighted by Crippen LogP contribution is -2.26. The lowest BCUT2D eigenvalue weighted by Gasteiger charge is -2.36. The molecule has 0 radical (unpaired) electrons. The highest BCUT2D eigenvalue weighted by Gasteiger charge is 2.32. The smallest absolute Gasteiger partial charge is 0.0928 e. The molecule has 1 aromatic rings. The van der Waals surface area contributed by atoms with Crippen LogP contribution in [0, 0.1) is 5.92 Å². The number of aliphatic hydroxyl groups is 1. The summed E-state index contributed by atoms with van der Waals surface area (Å²) in [7, 11) is 0. The number of benzene rings is 1. The average molecular weight is 194 g/mol. The molecular weight excluding hydrogens is 179 g/mol. The molecule has 1 N–H and O–H groups in total. The Labute approximate surface area is 83.6 Å². The summed E-state index contributed by atoms with van der Waals surface area (Å²) >= 11 is 0. The van der Waals surface area contributed by atoms with E-state index in [1.807, 2.05) is 24.3 Å². The zero-order chi connectivity index (χ0) is 9.97. The molecule has 0 heterocycles. The lowest BCUT2D eigenvalue weighted by atomic mass is 9.69. The number of alkyl halides is 1. The molecule has 0 aliphatic heterocycles. The van der Waals surface area contributed by atoms with Crippen LogP contribution in [0.5, 0.6) is 0 Å². The highest BCUT2D eigenvalue weighted by atomic mass is 19.1. The third kappa shape index (κ3) is 1.55. The minimum atomic E-state index is -0.232. The Morgan fingerprint density at radius 3 is 2.64 bits per heavy atom. The third-order valence-electron chi connectivity index (χ3n) is 3.24. The molecule has 1 aliphatic carbocycles. The first-order valence-corrected chi connectivity index (χ1v) is 5.11. The molecule has 14 heavy (non-hydrogen) atoms. The Kier molecular flexibility index (Phi) is 2.82. The Morgan fingerprint density at radius 1 is 1.29 bits per heavy atom. The van der Waals surface area contributed by atoms with Gasteiger partial charge >= 0.3 is 0 Å². The van der Waals surface area contributed by atoms with E-state index in [2.05, 4.69) is 0 Å². The molecule has 1 saturated carbocycles. The molecule has 2 unspecified atom stereocenters. The molecule has 0 saturated heterocycles. The van der Waals surface area contributed by atoms with Crippen LogP contribution in [0.1, 0.15) is 29.9 Å². The van der Waals surface area contributed by atoms with Gasteiger partial charge in [0.25, 0.3) is 0 Å². The maximum atomic E-state index is 12.5. The molecule has 2 heteroatoms. The summed E-state index contributed by atoms with van der Waals surface area (Å²) in [5.41, 5.74) is 2.10. The van der Waals surface area contributed by atoms with E-state index in [1.165, 1.54) is 0 Å². The molecule has 2 atom stereocenters. The zero-order valence-corrected chi connectivity index (χ0v) is 8.12. The number of halogens is 1. The summed E-state index contributed by atoms with van der Waals surface area (Å²) in [5.74, 6) is 0.519. The molecular formula is C12H15FO. The van der Waals surface area contributed by atoms with E-state index in [4.69, 9.17) is 5.11 Å². The van der Waals surface area contributed by atoms with Gasteiger partial charge in [0, 0.05) is 0 Å². The monoisotopic (exact) mass is 194 g/mol. The van der Waals surface area contributed by atoms with Crippen LogP contribution >= 0.6 is 0 Å². The van der Waals surface area contributed by atoms with Crippen LogP contribution in [-0.2, 0) is 6.61 Å². The Balaban J connectivity index is 2.22. The van der Waals surface area contributed by atoms with E-state index in [-0.39, 0.29) is 19.2 Å². The Morgan fingerprint density at radius 2 is 2.07 bits per heavy atom. The van der Waals surface area contributed by atoms with Gasteiger partial charge in [0.1, 0.15) is 0 Å². The first-order chi connectivity index (χ1) is 6.86. The summed E-state index contributed by atoms with van der Waals surface area (Å²) in [6, 6.07) is 7.81. The quantitative estimate of drug-likeness (QED) is 0.784. The molecule has 76 valence electrons. The molecule has 0 bridgehead atoms. The van der Waals surface area contributed by atoms with Crippen LogP contribution in [0.4, 0.5) is 4.39 Å². The predicted octanol–water partition coefficient (Wildman–Crippen LogP) is 2.64. The van der Waals surface area contributed by atoms with Crippen molar-refractivity contribution < 1.29 is 9.50 Å². The molecule has 1 aromatic carbocycles. The maximum absolute atomic E-state index is 12.5. The number of hydrogen-bond donors (Lipinski definition) is 1. The summed E-state index contributed by atoms with van der Waals surface area (Å²) in [4.78, 5) is 0. The van der Waals surface area contributed by atoms with E-state index >= 15 is 0 Å². The Hall–Kier alpha value is -0.890. The van der Waals surface area contributed by atoms with Gasteiger partial charge in [-0.1, -0.05) is 24.3 Å². The molecule has 1 fully saturated rings. The number of rotatable bonds is 3. The fraction of sp³-hybridized carbons (Fsp3) is 0.500. The first kappa shape index (κ1) is 9.66. The van der Waals surface area contributed by atoms with Crippen LogP contribution < -0.4 is 0 Å². The van der Waals surface area contributed by atoms with E-state index in [1.54, 1.807) is 0 Å². The minimum Gasteiger partial charge on any atom is -0.392 e. The fourth-order valence-corrected chi connectivity index (χ4v) is 2.20. The molecule has 1 nitrogen and oxygen atoms in total. The molecule has 2 rings (SSSR count). The first-order valence-electron chi connectivity index (χ1n) is 5.11. The van der Waals surface area contributed by atoms with Crippen molar-refractivity contribution in [2.75, 3.05) is 6.67 Å². The molecule has 0 aromatic heterocycles. The van der Waals surface area contributed by atoms with Crippen LogP contribution in [0.15, 0.2) is 24.3 Å². The van der Waals surface area contributed by atoms with Crippen LogP contribution in [0.25, 0.3) is 0 Å². The topological polar surface area (TPSA) is 20.2 Å². The van der Waals surface area contributed by atoms with Crippen molar-refractivity contribution in [2.45, 2.75) is 25.4 Å². The highest BCUT2D eigenvalue weighted by molar-refractivity contribution is 5.31. The second kappa shape index (κ2) is 4.09. The van der Waals surface area contributed by atoms with Gasteiger partial charge in [0.05, 0.1) is 13.3 Å². The van der Waals surface area contributed by atoms with Crippen molar-refractivity contribution >= 4 is 0 Å². The summed E-state index contributed by atoms with van der Waals surface area (Å²) in [6.45, 7) is -0.171. The van der Waals surface area contributed by atoms with Crippen LogP contribution in [-0.4, -0.2) is 11.8 Å². The second-order valence-electron chi connectivity index (χ2n) is 3.96. The van der Waals surface area contributed by atoms with Crippen molar-refractivity contribution in [1.29, 1.82) is 0 Å². The van der Waals surface area contributed by atoms with Crippen molar-refractivity contribution in [3.8, 4) is 0 Å². The van der Waals surface area contributed by atoms with Crippen molar-refractivity contribution in [2.24, 2.45) is 5.92 Å². The van der Waals surface area contributed by atoms with Gasteiger partial charge in [0.15, 0.2) is 0 Å². The number of hydrogen-bond acceptors (Lipinski definition) is 1. The van der Waals surface area contributed by atoms with Crippen molar-refractivity contribution in [3.63, 3.8) is 0 Å². The van der Waals surface area contributed by atoms with Gasteiger partial charge < -0.3 is 5.11 Å². The van der Waals surface area contributed by atoms with Gasteiger partial charge in [-0.15, -0.1) is 0 Å². The van der Waals surface area contributed by atoms with Crippen molar-refractivity contribution in [3.05, 3.63) is 35.4 Å². The van der Waals surface area contributed by atoms with Gasteiger partial charge in [-0.05, 0) is 35.8 Å². The zero-order valence-electron chi connectivity index (χ0n) is 8.12. The van der Waals surface area contributed by atoms with Crippen LogP contribution in [0.3, 0.4) is 0 Å². The molecule has 1 aliphatic rings. The van der Waals surface area contributed by atoms with Gasteiger partial charge in [-0.25, -0.2) is 0 Å². The number of aliphatic hydroxyl groups excluding tert-OH is 1. The van der Waals surface area contributed by atoms with Gasteiger partial charge in [-0.2, -0.15) is 0 Å². The van der Waals surface area contributed by atoms with E-state index in [0.717, 1.165) is 24.0 Å². The second-order valence-corrected chi connectivity index (χ2v) is 3.96. The minimum absolute atomic E-state index is 0.0612.